The zero-order valence-corrected chi connectivity index (χ0v) is 6.75. The van der Waals surface area contributed by atoms with E-state index in [1.54, 1.807) is 0 Å². The van der Waals surface area contributed by atoms with Crippen molar-refractivity contribution in [1.82, 2.24) is 5.32 Å². The first-order valence-electron chi connectivity index (χ1n) is 4.14. The van der Waals surface area contributed by atoms with Gasteiger partial charge in [0.2, 0.25) is 0 Å². The van der Waals surface area contributed by atoms with E-state index in [1.165, 1.54) is 0 Å². The van der Waals surface area contributed by atoms with Crippen molar-refractivity contribution in [2.75, 3.05) is 6.54 Å². The molecule has 1 N–H and O–H groups in total. The summed E-state index contributed by atoms with van der Waals surface area (Å²) in [6, 6.07) is 10.4. The first-order valence-corrected chi connectivity index (χ1v) is 4.14. The van der Waals surface area contributed by atoms with E-state index >= 15 is 0 Å². The van der Waals surface area contributed by atoms with E-state index in [2.05, 4.69) is 11.4 Å². The minimum atomic E-state index is 0.417. The normalized spacial score (nSPS) is 21.1. The van der Waals surface area contributed by atoms with Gasteiger partial charge in [0.05, 0.1) is 11.6 Å². The summed E-state index contributed by atoms with van der Waals surface area (Å²) in [5, 5.41) is 12.1. The zero-order valence-electron chi connectivity index (χ0n) is 6.75. The Hall–Kier alpha value is -1.33. The average molecular weight is 158 g/mol. The number of nitrogens with one attached hydrogen (secondary N) is 1. The van der Waals surface area contributed by atoms with Gasteiger partial charge in [0.25, 0.3) is 0 Å². The fourth-order valence-electron chi connectivity index (χ4n) is 1.46. The lowest BCUT2D eigenvalue weighted by Crippen LogP contribution is -2.35. The molecule has 1 aromatic rings. The van der Waals surface area contributed by atoms with Crippen LogP contribution in [0.25, 0.3) is 0 Å². The maximum absolute atomic E-state index is 8.81. The molecular weight excluding hydrogens is 148 g/mol. The van der Waals surface area contributed by atoms with Crippen molar-refractivity contribution in [3.05, 3.63) is 35.4 Å². The van der Waals surface area contributed by atoms with Gasteiger partial charge in [-0.2, -0.15) is 5.26 Å². The van der Waals surface area contributed by atoms with Crippen LogP contribution < -0.4 is 5.32 Å². The fourth-order valence-corrected chi connectivity index (χ4v) is 1.46. The van der Waals surface area contributed by atoms with Gasteiger partial charge in [0.1, 0.15) is 0 Å². The van der Waals surface area contributed by atoms with Crippen molar-refractivity contribution >= 4 is 0 Å². The van der Waals surface area contributed by atoms with Crippen LogP contribution in [0.15, 0.2) is 24.3 Å². The fraction of sp³-hybridized carbons (Fsp3) is 0.300. The van der Waals surface area contributed by atoms with E-state index in [0.29, 0.717) is 6.04 Å². The molecule has 1 aliphatic rings. The number of benzene rings is 1. The summed E-state index contributed by atoms with van der Waals surface area (Å²) in [6.07, 6.45) is 1.15. The van der Waals surface area contributed by atoms with Crippen molar-refractivity contribution in [2.24, 2.45) is 0 Å². The van der Waals surface area contributed by atoms with Gasteiger partial charge in [-0.15, -0.1) is 0 Å². The van der Waals surface area contributed by atoms with E-state index < -0.39 is 0 Å². The second-order valence-corrected chi connectivity index (χ2v) is 2.99. The van der Waals surface area contributed by atoms with E-state index in [9.17, 15) is 0 Å². The molecule has 0 amide bonds. The van der Waals surface area contributed by atoms with E-state index in [1.807, 2.05) is 24.3 Å². The lowest BCUT2D eigenvalue weighted by molar-refractivity contribution is 0.383. The Balaban J connectivity index is 2.35. The van der Waals surface area contributed by atoms with Gasteiger partial charge in [-0.1, -0.05) is 18.2 Å². The molecule has 0 spiro atoms. The lowest BCUT2D eigenvalue weighted by Gasteiger charge is -2.28. The molecule has 0 unspecified atom stereocenters. The van der Waals surface area contributed by atoms with Gasteiger partial charge in [-0.25, -0.2) is 0 Å². The van der Waals surface area contributed by atoms with Crippen LogP contribution in [0.3, 0.4) is 0 Å². The standard InChI is InChI=1S/C10H10N2/c11-7-8-3-1-2-4-9(8)10-5-6-12-10/h1-4,10,12H,5-6H2/t10-/m0/s1. The van der Waals surface area contributed by atoms with Gasteiger partial charge in [0, 0.05) is 6.04 Å². The zero-order chi connectivity index (χ0) is 8.39. The average Bonchev–Trinajstić information content (AvgIpc) is 2.02. The number of hydrogen-bond donors (Lipinski definition) is 1. The molecule has 2 nitrogen and oxygen atoms in total. The predicted molar refractivity (Wildman–Crippen MR) is 46.5 cm³/mol. The summed E-state index contributed by atoms with van der Waals surface area (Å²) in [4.78, 5) is 0. The number of rotatable bonds is 1. The number of hydrogen-bond acceptors (Lipinski definition) is 2. The van der Waals surface area contributed by atoms with Gasteiger partial charge >= 0.3 is 0 Å². The maximum Gasteiger partial charge on any atom is 0.0995 e. The maximum atomic E-state index is 8.81. The molecule has 1 heterocycles. The topological polar surface area (TPSA) is 35.8 Å². The van der Waals surface area contributed by atoms with Gasteiger partial charge < -0.3 is 5.32 Å². The van der Waals surface area contributed by atoms with E-state index in [-0.39, 0.29) is 0 Å². The molecule has 1 atom stereocenters. The SMILES string of the molecule is N#Cc1ccccc1[C@@H]1CCN1. The molecule has 2 rings (SSSR count). The summed E-state index contributed by atoms with van der Waals surface area (Å²) in [6.45, 7) is 1.07. The quantitative estimate of drug-likeness (QED) is 0.673. The van der Waals surface area contributed by atoms with Gasteiger partial charge in [-0.3, -0.25) is 0 Å². The Bertz CT molecular complexity index is 321. The van der Waals surface area contributed by atoms with Crippen LogP contribution in [-0.2, 0) is 0 Å². The summed E-state index contributed by atoms with van der Waals surface area (Å²) < 4.78 is 0. The smallest absolute Gasteiger partial charge is 0.0995 e. The lowest BCUT2D eigenvalue weighted by atomic mass is 9.94. The Morgan fingerprint density at radius 3 is 2.75 bits per heavy atom. The molecule has 1 aromatic carbocycles. The molecule has 1 aliphatic heterocycles. The Labute approximate surface area is 71.8 Å². The van der Waals surface area contributed by atoms with E-state index in [0.717, 1.165) is 24.1 Å². The number of nitrogens with zero attached hydrogens (tertiary/aromatic N) is 1. The van der Waals surface area contributed by atoms with Crippen LogP contribution in [0, 0.1) is 11.3 Å². The third-order valence-corrected chi connectivity index (χ3v) is 2.28. The van der Waals surface area contributed by atoms with Crippen molar-refractivity contribution < 1.29 is 0 Å². The molecule has 0 aromatic heterocycles. The van der Waals surface area contributed by atoms with Crippen molar-refractivity contribution in [1.29, 1.82) is 5.26 Å². The van der Waals surface area contributed by atoms with Gasteiger partial charge in [-0.05, 0) is 24.6 Å². The third kappa shape index (κ3) is 1.09. The molecule has 0 aliphatic carbocycles. The molecular formula is C10H10N2. The predicted octanol–water partition coefficient (Wildman–Crippen LogP) is 1.59. The first kappa shape index (κ1) is 7.33. The van der Waals surface area contributed by atoms with Crippen LogP contribution in [0.5, 0.6) is 0 Å². The first-order chi connectivity index (χ1) is 5.92. The minimum Gasteiger partial charge on any atom is -0.310 e. The highest BCUT2D eigenvalue weighted by atomic mass is 15.0. The summed E-state index contributed by atoms with van der Waals surface area (Å²) >= 11 is 0. The molecule has 1 fully saturated rings. The Morgan fingerprint density at radius 2 is 2.17 bits per heavy atom. The van der Waals surface area contributed by atoms with E-state index in [4.69, 9.17) is 5.26 Å². The number of nitriles is 1. The molecule has 0 bridgehead atoms. The Kier molecular flexibility index (Phi) is 1.81. The second-order valence-electron chi connectivity index (χ2n) is 2.99. The third-order valence-electron chi connectivity index (χ3n) is 2.28. The summed E-state index contributed by atoms with van der Waals surface area (Å²) in [5.41, 5.74) is 1.95. The van der Waals surface area contributed by atoms with Crippen LogP contribution >= 0.6 is 0 Å². The molecule has 60 valence electrons. The molecule has 12 heavy (non-hydrogen) atoms. The van der Waals surface area contributed by atoms with Crippen molar-refractivity contribution in [3.8, 4) is 6.07 Å². The molecule has 2 heteroatoms. The molecule has 0 saturated carbocycles. The van der Waals surface area contributed by atoms with Crippen molar-refractivity contribution in [2.45, 2.75) is 12.5 Å². The summed E-state index contributed by atoms with van der Waals surface area (Å²) in [5.74, 6) is 0. The van der Waals surface area contributed by atoms with Crippen LogP contribution in [0.1, 0.15) is 23.6 Å². The highest BCUT2D eigenvalue weighted by molar-refractivity contribution is 5.40. The van der Waals surface area contributed by atoms with Gasteiger partial charge in [0.15, 0.2) is 0 Å². The van der Waals surface area contributed by atoms with Crippen LogP contribution in [-0.4, -0.2) is 6.54 Å². The Morgan fingerprint density at radius 1 is 1.42 bits per heavy atom. The highest BCUT2D eigenvalue weighted by Gasteiger charge is 2.20. The monoisotopic (exact) mass is 158 g/mol. The molecule has 0 radical (unpaired) electrons. The van der Waals surface area contributed by atoms with Crippen molar-refractivity contribution in [3.63, 3.8) is 0 Å². The highest BCUT2D eigenvalue weighted by Crippen LogP contribution is 2.25. The largest absolute Gasteiger partial charge is 0.310 e. The summed E-state index contributed by atoms with van der Waals surface area (Å²) in [7, 11) is 0. The second kappa shape index (κ2) is 2.96. The minimum absolute atomic E-state index is 0.417. The molecule has 1 saturated heterocycles. The van der Waals surface area contributed by atoms with Crippen LogP contribution in [0.2, 0.25) is 0 Å². The van der Waals surface area contributed by atoms with Crippen LogP contribution in [0.4, 0.5) is 0 Å².